The summed E-state index contributed by atoms with van der Waals surface area (Å²) in [4.78, 5) is 40.4. The van der Waals surface area contributed by atoms with E-state index in [0.717, 1.165) is 0 Å². The number of hydrogen-bond acceptors (Lipinski definition) is 5. The van der Waals surface area contributed by atoms with Crippen molar-refractivity contribution in [2.75, 3.05) is 0 Å². The van der Waals surface area contributed by atoms with E-state index in [-0.39, 0.29) is 16.9 Å². The fourth-order valence-electron chi connectivity index (χ4n) is 3.55. The molecule has 4 aromatic rings. The van der Waals surface area contributed by atoms with Crippen molar-refractivity contribution in [1.29, 1.82) is 0 Å². The third-order valence-electron chi connectivity index (χ3n) is 4.74. The van der Waals surface area contributed by atoms with Crippen LogP contribution in [0.5, 0.6) is 0 Å². The predicted octanol–water partition coefficient (Wildman–Crippen LogP) is 3.04. The minimum Gasteiger partial charge on any atom is -0.288 e. The van der Waals surface area contributed by atoms with E-state index in [1.165, 1.54) is 24.3 Å². The molecule has 0 spiro atoms. The molecule has 0 unspecified atom stereocenters. The van der Waals surface area contributed by atoms with Crippen LogP contribution in [-0.2, 0) is 0 Å². The number of pyridine rings is 1. The van der Waals surface area contributed by atoms with Gasteiger partial charge in [-0.05, 0) is 17.7 Å². The molecule has 0 saturated carbocycles. The van der Waals surface area contributed by atoms with E-state index in [4.69, 9.17) is 0 Å². The van der Waals surface area contributed by atoms with Crippen molar-refractivity contribution in [2.24, 2.45) is 0 Å². The van der Waals surface area contributed by atoms with Gasteiger partial charge in [-0.2, -0.15) is 0 Å². The molecule has 2 aromatic heterocycles. The number of carbonyl (C=O) groups is 1. The third kappa shape index (κ3) is 2.00. The monoisotopic (exact) mass is 358 g/mol. The Labute approximate surface area is 150 Å². The lowest BCUT2D eigenvalue weighted by Gasteiger charge is -2.09. The topological polar surface area (TPSA) is 122 Å². The molecule has 0 fully saturated rings. The normalized spacial score (nSPS) is 12.2. The second-order valence-electron chi connectivity index (χ2n) is 6.19. The van der Waals surface area contributed by atoms with Crippen molar-refractivity contribution in [1.82, 2.24) is 15.2 Å². The Hall–Kier alpha value is -4.07. The first kappa shape index (κ1) is 15.2. The van der Waals surface area contributed by atoms with Gasteiger partial charge in [0.05, 0.1) is 21.6 Å². The van der Waals surface area contributed by atoms with Crippen LogP contribution in [0, 0.1) is 10.1 Å². The quantitative estimate of drug-likeness (QED) is 0.371. The Balaban J connectivity index is 1.90. The van der Waals surface area contributed by atoms with Crippen LogP contribution in [0.1, 0.15) is 15.9 Å². The van der Waals surface area contributed by atoms with Gasteiger partial charge in [0.2, 0.25) is 0 Å². The number of aromatic amines is 2. The molecule has 0 atom stereocenters. The number of carbonyl (C=O) groups excluding carboxylic acids is 1. The molecular weight excluding hydrogens is 348 g/mol. The molecule has 0 radical (unpaired) electrons. The Bertz CT molecular complexity index is 1330. The molecular formula is C19H10N4O4. The molecule has 2 aromatic carbocycles. The van der Waals surface area contributed by atoms with Crippen LogP contribution in [0.25, 0.3) is 33.4 Å². The average molecular weight is 358 g/mol. The van der Waals surface area contributed by atoms with Gasteiger partial charge in [0.1, 0.15) is 0 Å². The number of non-ortho nitro benzene ring substituents is 1. The van der Waals surface area contributed by atoms with E-state index < -0.39 is 10.5 Å². The third-order valence-corrected chi connectivity index (χ3v) is 4.74. The summed E-state index contributed by atoms with van der Waals surface area (Å²) in [7, 11) is 0. The highest BCUT2D eigenvalue weighted by atomic mass is 16.6. The number of nitrogens with one attached hydrogen (secondary N) is 2. The zero-order chi connectivity index (χ0) is 18.7. The number of nitrogens with zero attached hydrogens (tertiary/aromatic N) is 2. The summed E-state index contributed by atoms with van der Waals surface area (Å²) in [5.41, 5.74) is 2.86. The largest absolute Gasteiger partial charge is 0.288 e. The predicted molar refractivity (Wildman–Crippen MR) is 97.7 cm³/mol. The molecule has 1 aliphatic rings. The number of fused-ring (bicyclic) bond motifs is 4. The van der Waals surface area contributed by atoms with Crippen molar-refractivity contribution in [3.8, 4) is 22.4 Å². The maximum atomic E-state index is 13.1. The highest BCUT2D eigenvalue weighted by Gasteiger charge is 2.33. The molecule has 0 amide bonds. The van der Waals surface area contributed by atoms with Gasteiger partial charge in [-0.3, -0.25) is 29.9 Å². The van der Waals surface area contributed by atoms with Gasteiger partial charge in [-0.1, -0.05) is 24.3 Å². The molecule has 0 bridgehead atoms. The molecule has 1 aliphatic carbocycles. The molecule has 8 nitrogen and oxygen atoms in total. The van der Waals surface area contributed by atoms with E-state index in [9.17, 15) is 19.7 Å². The van der Waals surface area contributed by atoms with E-state index in [0.29, 0.717) is 39.2 Å². The zero-order valence-electron chi connectivity index (χ0n) is 13.6. The molecule has 0 aliphatic heterocycles. The summed E-state index contributed by atoms with van der Waals surface area (Å²) in [5, 5.41) is 16.4. The van der Waals surface area contributed by atoms with Gasteiger partial charge in [0.15, 0.2) is 11.4 Å². The Morgan fingerprint density at radius 2 is 1.59 bits per heavy atom. The average Bonchev–Trinajstić information content (AvgIpc) is 3.19. The van der Waals surface area contributed by atoms with E-state index in [1.54, 1.807) is 12.1 Å². The maximum Gasteiger partial charge on any atom is 0.274 e. The van der Waals surface area contributed by atoms with Crippen LogP contribution < -0.4 is 5.56 Å². The Kier molecular flexibility index (Phi) is 2.94. The molecule has 27 heavy (non-hydrogen) atoms. The van der Waals surface area contributed by atoms with Crippen molar-refractivity contribution in [2.45, 2.75) is 0 Å². The summed E-state index contributed by atoms with van der Waals surface area (Å²) in [6, 6.07) is 12.9. The van der Waals surface area contributed by atoms with Crippen molar-refractivity contribution >= 4 is 22.5 Å². The molecule has 2 N–H and O–H groups in total. The summed E-state index contributed by atoms with van der Waals surface area (Å²) in [6.07, 6.45) is 0. The first-order valence-corrected chi connectivity index (χ1v) is 8.09. The fourth-order valence-corrected chi connectivity index (χ4v) is 3.55. The highest BCUT2D eigenvalue weighted by Crippen LogP contribution is 2.42. The smallest absolute Gasteiger partial charge is 0.274 e. The number of hydrogen-bond donors (Lipinski definition) is 2. The molecule has 2 heterocycles. The SMILES string of the molecule is O=C1c2ccccc2-c2nc3[nH][nH]c(=O)c3c(-c3ccc([N+](=O)[O-])cc3)c21. The van der Waals surface area contributed by atoms with Gasteiger partial charge >= 0.3 is 0 Å². The minimum absolute atomic E-state index is 0.0710. The van der Waals surface area contributed by atoms with Crippen molar-refractivity contribution in [3.63, 3.8) is 0 Å². The lowest BCUT2D eigenvalue weighted by atomic mass is 9.95. The standard InChI is InChI=1S/C19H10N4O4/c24-17-12-4-2-1-3-11(12)16-14(17)13(15-18(20-16)21-22-19(15)25)9-5-7-10(8-6-9)23(26)27/h1-8H,(H2,20,21,22,25). The van der Waals surface area contributed by atoms with Crippen LogP contribution in [-0.4, -0.2) is 25.9 Å². The van der Waals surface area contributed by atoms with Gasteiger partial charge in [0, 0.05) is 28.8 Å². The first-order chi connectivity index (χ1) is 13.1. The van der Waals surface area contributed by atoms with Gasteiger partial charge in [-0.25, -0.2) is 4.98 Å². The minimum atomic E-state index is -0.500. The van der Waals surface area contributed by atoms with Gasteiger partial charge < -0.3 is 0 Å². The number of H-pyrrole nitrogens is 2. The number of rotatable bonds is 2. The summed E-state index contributed by atoms with van der Waals surface area (Å²) in [5.74, 6) is -0.219. The summed E-state index contributed by atoms with van der Waals surface area (Å²) < 4.78 is 0. The summed E-state index contributed by atoms with van der Waals surface area (Å²) in [6.45, 7) is 0. The first-order valence-electron chi connectivity index (χ1n) is 8.09. The highest BCUT2D eigenvalue weighted by molar-refractivity contribution is 6.26. The van der Waals surface area contributed by atoms with Crippen molar-refractivity contribution < 1.29 is 9.72 Å². The lowest BCUT2D eigenvalue weighted by molar-refractivity contribution is -0.384. The lowest BCUT2D eigenvalue weighted by Crippen LogP contribution is -2.05. The van der Waals surface area contributed by atoms with Crippen LogP contribution in [0.3, 0.4) is 0 Å². The maximum absolute atomic E-state index is 13.1. The Morgan fingerprint density at radius 3 is 2.30 bits per heavy atom. The van der Waals surface area contributed by atoms with E-state index in [1.807, 2.05) is 12.1 Å². The van der Waals surface area contributed by atoms with Crippen LogP contribution in [0.4, 0.5) is 5.69 Å². The molecule has 130 valence electrons. The second-order valence-corrected chi connectivity index (χ2v) is 6.19. The number of nitro groups is 1. The number of nitro benzene ring substituents is 1. The number of benzene rings is 2. The van der Waals surface area contributed by atoms with Crippen LogP contribution >= 0.6 is 0 Å². The van der Waals surface area contributed by atoms with Gasteiger partial charge in [-0.15, -0.1) is 0 Å². The molecule has 8 heteroatoms. The fraction of sp³-hybridized carbons (Fsp3) is 0. The second kappa shape index (κ2) is 5.21. The Morgan fingerprint density at radius 1 is 0.889 bits per heavy atom. The van der Waals surface area contributed by atoms with E-state index in [2.05, 4.69) is 15.2 Å². The zero-order valence-corrected chi connectivity index (χ0v) is 13.6. The summed E-state index contributed by atoms with van der Waals surface area (Å²) >= 11 is 0. The molecule has 0 saturated heterocycles. The number of ketones is 1. The molecule has 5 rings (SSSR count). The van der Waals surface area contributed by atoms with Gasteiger partial charge in [0.25, 0.3) is 11.2 Å². The van der Waals surface area contributed by atoms with E-state index >= 15 is 0 Å². The number of aromatic nitrogens is 3. The van der Waals surface area contributed by atoms with Crippen LogP contribution in [0.2, 0.25) is 0 Å². The van der Waals surface area contributed by atoms with Crippen LogP contribution in [0.15, 0.2) is 53.3 Å². The van der Waals surface area contributed by atoms with Crippen molar-refractivity contribution in [3.05, 3.63) is 80.1 Å².